The van der Waals surface area contributed by atoms with Crippen molar-refractivity contribution < 1.29 is 14.5 Å². The molecule has 1 heterocycles. The van der Waals surface area contributed by atoms with Crippen molar-refractivity contribution in [2.75, 3.05) is 6.54 Å². The average molecular weight is 394 g/mol. The highest BCUT2D eigenvalue weighted by Crippen LogP contribution is 2.36. The second kappa shape index (κ2) is 8.25. The maximum atomic E-state index is 12.3. The minimum Gasteiger partial charge on any atom is -0.353 e. The molecule has 2 aliphatic rings. The number of rotatable bonds is 5. The van der Waals surface area contributed by atoms with Crippen LogP contribution in [0.3, 0.4) is 0 Å². The molecule has 1 aromatic carbocycles. The van der Waals surface area contributed by atoms with Gasteiger partial charge in [-0.1, -0.05) is 24.9 Å². The third kappa shape index (κ3) is 4.58. The van der Waals surface area contributed by atoms with Crippen LogP contribution in [0, 0.1) is 27.9 Å². The van der Waals surface area contributed by atoms with Crippen molar-refractivity contribution in [3.05, 3.63) is 38.9 Å². The molecule has 1 saturated carbocycles. The molecule has 3 rings (SSSR count). The minimum atomic E-state index is -0.618. The van der Waals surface area contributed by atoms with Crippen LogP contribution in [0.4, 0.5) is 5.69 Å². The number of amides is 2. The molecule has 146 valence electrons. The molecule has 1 saturated heterocycles. The smallest absolute Gasteiger partial charge is 0.288 e. The second-order valence-corrected chi connectivity index (χ2v) is 8.10. The fraction of sp³-hybridized carbons (Fsp3) is 0.579. The molecule has 8 heteroatoms. The van der Waals surface area contributed by atoms with E-state index in [1.807, 2.05) is 0 Å². The highest BCUT2D eigenvalue weighted by Gasteiger charge is 2.38. The maximum absolute atomic E-state index is 12.3. The number of nitro benzene ring substituents is 1. The van der Waals surface area contributed by atoms with E-state index in [4.69, 9.17) is 11.6 Å². The number of nitrogens with one attached hydrogen (secondary N) is 2. The Bertz CT molecular complexity index is 754. The molecule has 27 heavy (non-hydrogen) atoms. The van der Waals surface area contributed by atoms with Gasteiger partial charge in [-0.25, -0.2) is 0 Å². The van der Waals surface area contributed by atoms with E-state index in [-0.39, 0.29) is 28.1 Å². The van der Waals surface area contributed by atoms with Gasteiger partial charge in [0.25, 0.3) is 11.6 Å². The summed E-state index contributed by atoms with van der Waals surface area (Å²) >= 11 is 5.76. The molecule has 7 nitrogen and oxygen atoms in total. The van der Waals surface area contributed by atoms with Crippen LogP contribution in [0.5, 0.6) is 0 Å². The largest absolute Gasteiger partial charge is 0.353 e. The van der Waals surface area contributed by atoms with Crippen molar-refractivity contribution in [1.82, 2.24) is 10.6 Å². The van der Waals surface area contributed by atoms with Crippen LogP contribution in [-0.4, -0.2) is 29.3 Å². The Kier molecular flexibility index (Phi) is 5.99. The van der Waals surface area contributed by atoms with Gasteiger partial charge in [-0.05, 0) is 49.7 Å². The lowest BCUT2D eigenvalue weighted by molar-refractivity contribution is -0.384. The zero-order chi connectivity index (χ0) is 19.6. The van der Waals surface area contributed by atoms with E-state index < -0.39 is 10.8 Å². The van der Waals surface area contributed by atoms with Gasteiger partial charge >= 0.3 is 0 Å². The van der Waals surface area contributed by atoms with Crippen LogP contribution in [0.1, 0.15) is 49.4 Å². The molecule has 2 amide bonds. The lowest BCUT2D eigenvalue weighted by Crippen LogP contribution is -2.52. The molecule has 2 N–H and O–H groups in total. The summed E-state index contributed by atoms with van der Waals surface area (Å²) in [5.41, 5.74) is -0.117. The third-order valence-corrected chi connectivity index (χ3v) is 6.04. The summed E-state index contributed by atoms with van der Waals surface area (Å²) in [4.78, 5) is 34.9. The first kappa shape index (κ1) is 19.6. The molecule has 0 spiro atoms. The van der Waals surface area contributed by atoms with Crippen LogP contribution in [0.25, 0.3) is 0 Å². The minimum absolute atomic E-state index is 0.00761. The standard InChI is InChI=1S/C19H24ClN3O4/c1-11-2-3-12-9-14(19(25)22-16(12)8-11)6-7-21-18(24)13-4-5-15(20)17(10-13)23(26)27/h4-5,10-12,14,16H,2-3,6-9H2,1H3,(H,21,24)(H,22,25). The Morgan fingerprint density at radius 2 is 2.15 bits per heavy atom. The first-order valence-electron chi connectivity index (χ1n) is 9.37. The SMILES string of the molecule is CC1CCC2CC(CCNC(=O)c3ccc(Cl)c([N+](=O)[O-])c3)C(=O)NC2C1. The van der Waals surface area contributed by atoms with E-state index in [2.05, 4.69) is 17.6 Å². The van der Waals surface area contributed by atoms with Gasteiger partial charge in [0.05, 0.1) is 4.92 Å². The van der Waals surface area contributed by atoms with Gasteiger partial charge in [0.2, 0.25) is 5.91 Å². The topological polar surface area (TPSA) is 101 Å². The van der Waals surface area contributed by atoms with E-state index >= 15 is 0 Å². The van der Waals surface area contributed by atoms with Crippen molar-refractivity contribution >= 4 is 29.1 Å². The fourth-order valence-corrected chi connectivity index (χ4v) is 4.37. The lowest BCUT2D eigenvalue weighted by Gasteiger charge is -2.41. The first-order valence-corrected chi connectivity index (χ1v) is 9.75. The number of hydrogen-bond donors (Lipinski definition) is 2. The molecule has 1 aliphatic heterocycles. The Hall–Kier alpha value is -2.15. The molecule has 0 radical (unpaired) electrons. The number of nitro groups is 1. The van der Waals surface area contributed by atoms with Gasteiger partial charge in [-0.2, -0.15) is 0 Å². The predicted molar refractivity (Wildman–Crippen MR) is 102 cm³/mol. The summed E-state index contributed by atoms with van der Waals surface area (Å²) in [6, 6.07) is 4.25. The normalized spacial score (nSPS) is 27.4. The van der Waals surface area contributed by atoms with Crippen molar-refractivity contribution in [3.8, 4) is 0 Å². The molecule has 4 atom stereocenters. The zero-order valence-corrected chi connectivity index (χ0v) is 16.0. The Labute approximate surface area is 163 Å². The fourth-order valence-electron chi connectivity index (χ4n) is 4.18. The van der Waals surface area contributed by atoms with Gasteiger partial charge < -0.3 is 10.6 Å². The number of fused-ring (bicyclic) bond motifs is 1. The van der Waals surface area contributed by atoms with Gasteiger partial charge in [0.15, 0.2) is 0 Å². The summed E-state index contributed by atoms with van der Waals surface area (Å²) in [6.45, 7) is 2.58. The van der Waals surface area contributed by atoms with Crippen LogP contribution in [0.2, 0.25) is 5.02 Å². The Balaban J connectivity index is 1.52. The number of carbonyl (C=O) groups excluding carboxylic acids is 2. The molecule has 0 aromatic heterocycles. The van der Waals surface area contributed by atoms with Crippen LogP contribution in [-0.2, 0) is 4.79 Å². The van der Waals surface area contributed by atoms with E-state index in [0.717, 1.165) is 19.3 Å². The molecule has 1 aliphatic carbocycles. The summed E-state index contributed by atoms with van der Waals surface area (Å²) < 4.78 is 0. The monoisotopic (exact) mass is 393 g/mol. The average Bonchev–Trinajstić information content (AvgIpc) is 2.62. The molecule has 4 unspecified atom stereocenters. The number of piperidine rings is 1. The number of hydrogen-bond acceptors (Lipinski definition) is 4. The van der Waals surface area contributed by atoms with Crippen LogP contribution in [0.15, 0.2) is 18.2 Å². The Morgan fingerprint density at radius 1 is 1.37 bits per heavy atom. The molecule has 2 fully saturated rings. The zero-order valence-electron chi connectivity index (χ0n) is 15.2. The lowest BCUT2D eigenvalue weighted by atomic mass is 9.72. The molecule has 1 aromatic rings. The first-order chi connectivity index (χ1) is 12.8. The highest BCUT2D eigenvalue weighted by molar-refractivity contribution is 6.32. The van der Waals surface area contributed by atoms with Gasteiger partial charge in [0.1, 0.15) is 5.02 Å². The van der Waals surface area contributed by atoms with Crippen molar-refractivity contribution in [1.29, 1.82) is 0 Å². The number of halogens is 1. The van der Waals surface area contributed by atoms with Gasteiger partial charge in [-0.15, -0.1) is 0 Å². The summed E-state index contributed by atoms with van der Waals surface area (Å²) in [5, 5.41) is 16.8. The second-order valence-electron chi connectivity index (χ2n) is 7.69. The summed E-state index contributed by atoms with van der Waals surface area (Å²) in [7, 11) is 0. The third-order valence-electron chi connectivity index (χ3n) is 5.72. The van der Waals surface area contributed by atoms with E-state index in [1.165, 1.54) is 24.6 Å². The number of benzene rings is 1. The van der Waals surface area contributed by atoms with Gasteiger partial charge in [0, 0.05) is 30.1 Å². The Morgan fingerprint density at radius 3 is 2.89 bits per heavy atom. The van der Waals surface area contributed by atoms with E-state index in [0.29, 0.717) is 30.8 Å². The predicted octanol–water partition coefficient (Wildman–Crippen LogP) is 3.31. The van der Waals surface area contributed by atoms with Crippen molar-refractivity contribution in [3.63, 3.8) is 0 Å². The number of carbonyl (C=O) groups is 2. The van der Waals surface area contributed by atoms with E-state index in [1.54, 1.807) is 0 Å². The highest BCUT2D eigenvalue weighted by atomic mass is 35.5. The van der Waals surface area contributed by atoms with Crippen LogP contribution >= 0.6 is 11.6 Å². The maximum Gasteiger partial charge on any atom is 0.288 e. The van der Waals surface area contributed by atoms with Crippen molar-refractivity contribution in [2.45, 2.75) is 45.1 Å². The quantitative estimate of drug-likeness (QED) is 0.591. The number of nitrogens with zero attached hydrogens (tertiary/aromatic N) is 1. The molecule has 0 bridgehead atoms. The van der Waals surface area contributed by atoms with Crippen LogP contribution < -0.4 is 10.6 Å². The van der Waals surface area contributed by atoms with E-state index in [9.17, 15) is 19.7 Å². The van der Waals surface area contributed by atoms with Gasteiger partial charge in [-0.3, -0.25) is 19.7 Å². The molecular weight excluding hydrogens is 370 g/mol. The molecular formula is C19H24ClN3O4. The summed E-state index contributed by atoms with van der Waals surface area (Å²) in [6.07, 6.45) is 4.83. The van der Waals surface area contributed by atoms with Crippen molar-refractivity contribution in [2.24, 2.45) is 17.8 Å². The summed E-state index contributed by atoms with van der Waals surface area (Å²) in [5.74, 6) is 0.751.